The monoisotopic (exact) mass is 226 g/mol. The fourth-order valence-electron chi connectivity index (χ4n) is 0.775. The van der Waals surface area contributed by atoms with Crippen LogP contribution in [0.15, 0.2) is 12.3 Å². The lowest BCUT2D eigenvalue weighted by Crippen LogP contribution is -2.33. The number of rotatable bonds is 2. The van der Waals surface area contributed by atoms with Gasteiger partial charge in [0, 0.05) is 6.20 Å². The molecular weight excluding hydrogens is 221 g/mol. The lowest BCUT2D eigenvalue weighted by molar-refractivity contribution is -0.123. The van der Waals surface area contributed by atoms with Crippen molar-refractivity contribution in [1.82, 2.24) is 10.3 Å². The quantitative estimate of drug-likeness (QED) is 0.796. The van der Waals surface area contributed by atoms with Gasteiger partial charge in [0.2, 0.25) is 0 Å². The van der Waals surface area contributed by atoms with E-state index in [1.807, 2.05) is 0 Å². The van der Waals surface area contributed by atoms with E-state index in [0.717, 1.165) is 0 Å². The van der Waals surface area contributed by atoms with Crippen LogP contribution in [0, 0.1) is 0 Å². The van der Waals surface area contributed by atoms with E-state index in [2.05, 4.69) is 4.98 Å². The van der Waals surface area contributed by atoms with Crippen molar-refractivity contribution in [2.75, 3.05) is 6.54 Å². The fraction of sp³-hybridized carbons (Fsp3) is 0.286. The second-order valence-corrected chi connectivity index (χ2v) is 2.97. The summed E-state index contributed by atoms with van der Waals surface area (Å²) in [5.74, 6) is -0.839. The maximum absolute atomic E-state index is 11.7. The smallest absolute Gasteiger partial charge is 0.356 e. The van der Waals surface area contributed by atoms with Gasteiger partial charge >= 0.3 is 6.18 Å². The third-order valence-electron chi connectivity index (χ3n) is 1.34. The van der Waals surface area contributed by atoms with Gasteiger partial charge in [0.05, 0.1) is 5.02 Å². The molecule has 0 bridgehead atoms. The van der Waals surface area contributed by atoms with E-state index in [4.69, 9.17) is 11.6 Å². The van der Waals surface area contributed by atoms with Crippen LogP contribution in [0.2, 0.25) is 5.02 Å². The summed E-state index contributed by atoms with van der Waals surface area (Å²) in [4.78, 5) is 13.4. The van der Waals surface area contributed by atoms with E-state index in [1.165, 1.54) is 12.3 Å². The molecule has 1 amide bonds. The fourth-order valence-corrected chi connectivity index (χ4v) is 0.938. The second kappa shape index (κ2) is 3.91. The molecule has 3 nitrogen and oxygen atoms in total. The van der Waals surface area contributed by atoms with E-state index in [1.54, 1.807) is 5.32 Å². The van der Waals surface area contributed by atoms with Crippen LogP contribution in [-0.2, 0) is 0 Å². The Bertz CT molecular complexity index is 334. The van der Waals surface area contributed by atoms with Gasteiger partial charge in [-0.2, -0.15) is 13.2 Å². The molecule has 0 saturated carbocycles. The molecule has 0 atom stereocenters. The average molecular weight is 227 g/mol. The minimum atomic E-state index is -4.41. The lowest BCUT2D eigenvalue weighted by atomic mass is 10.4. The normalized spacial score (nSPS) is 11.4. The highest BCUT2D eigenvalue weighted by atomic mass is 35.5. The molecule has 0 radical (unpaired) electrons. The summed E-state index contributed by atoms with van der Waals surface area (Å²) < 4.78 is 35.1. The maximum Gasteiger partial charge on any atom is 0.405 e. The highest BCUT2D eigenvalue weighted by Crippen LogP contribution is 2.13. The Morgan fingerprint density at radius 1 is 1.57 bits per heavy atom. The first-order valence-corrected chi connectivity index (χ1v) is 3.95. The van der Waals surface area contributed by atoms with Gasteiger partial charge in [0.25, 0.3) is 5.91 Å². The molecule has 78 valence electrons. The first-order chi connectivity index (χ1) is 6.38. The van der Waals surface area contributed by atoms with Crippen molar-refractivity contribution in [3.05, 3.63) is 23.0 Å². The van der Waals surface area contributed by atoms with E-state index in [0.29, 0.717) is 0 Å². The van der Waals surface area contributed by atoms with Gasteiger partial charge in [0.1, 0.15) is 12.2 Å². The average Bonchev–Trinajstić information content (AvgIpc) is 2.46. The molecule has 0 saturated heterocycles. The Morgan fingerprint density at radius 3 is 2.64 bits per heavy atom. The number of amides is 1. The summed E-state index contributed by atoms with van der Waals surface area (Å²) in [5.41, 5.74) is -0.000694. The molecule has 2 N–H and O–H groups in total. The third-order valence-corrected chi connectivity index (χ3v) is 1.56. The van der Waals surface area contributed by atoms with Crippen molar-refractivity contribution in [3.8, 4) is 0 Å². The SMILES string of the molecule is O=C(NCC(F)(F)F)c1cc(Cl)c[nH]1. The van der Waals surface area contributed by atoms with Gasteiger partial charge in [-0.1, -0.05) is 11.6 Å². The third kappa shape index (κ3) is 3.29. The zero-order valence-corrected chi connectivity index (χ0v) is 7.54. The molecule has 1 aromatic heterocycles. The van der Waals surface area contributed by atoms with E-state index < -0.39 is 18.6 Å². The molecule has 0 aliphatic carbocycles. The Morgan fingerprint density at radius 2 is 2.21 bits per heavy atom. The number of hydrogen-bond donors (Lipinski definition) is 2. The van der Waals surface area contributed by atoms with Crippen LogP contribution in [-0.4, -0.2) is 23.6 Å². The van der Waals surface area contributed by atoms with Crippen LogP contribution in [0.25, 0.3) is 0 Å². The summed E-state index contributed by atoms with van der Waals surface area (Å²) in [7, 11) is 0. The number of H-pyrrole nitrogens is 1. The number of carbonyl (C=O) groups is 1. The van der Waals surface area contributed by atoms with Crippen molar-refractivity contribution in [1.29, 1.82) is 0 Å². The summed E-state index contributed by atoms with van der Waals surface area (Å²) in [5, 5.41) is 1.96. The van der Waals surface area contributed by atoms with Gasteiger partial charge < -0.3 is 10.3 Å². The van der Waals surface area contributed by atoms with Crippen LogP contribution in [0.3, 0.4) is 0 Å². The molecule has 0 aromatic carbocycles. The van der Waals surface area contributed by atoms with Crippen LogP contribution in [0.1, 0.15) is 10.5 Å². The van der Waals surface area contributed by atoms with Crippen molar-refractivity contribution < 1.29 is 18.0 Å². The number of halogens is 4. The molecule has 0 fully saturated rings. The van der Waals surface area contributed by atoms with Crippen LogP contribution in [0.4, 0.5) is 13.2 Å². The molecule has 1 aromatic rings. The largest absolute Gasteiger partial charge is 0.405 e. The van der Waals surface area contributed by atoms with Gasteiger partial charge in [-0.05, 0) is 6.07 Å². The van der Waals surface area contributed by atoms with Gasteiger partial charge in [0.15, 0.2) is 0 Å². The number of alkyl halides is 3. The maximum atomic E-state index is 11.7. The summed E-state index contributed by atoms with van der Waals surface area (Å²) in [6.45, 7) is -1.36. The Hall–Kier alpha value is -1.17. The van der Waals surface area contributed by atoms with Crippen molar-refractivity contribution >= 4 is 17.5 Å². The molecule has 0 spiro atoms. The van der Waals surface area contributed by atoms with Crippen molar-refractivity contribution in [3.63, 3.8) is 0 Å². The van der Waals surface area contributed by atoms with Crippen LogP contribution in [0.5, 0.6) is 0 Å². The number of nitrogens with one attached hydrogen (secondary N) is 2. The first-order valence-electron chi connectivity index (χ1n) is 3.57. The molecule has 1 heterocycles. The Labute approximate surface area is 82.2 Å². The van der Waals surface area contributed by atoms with Gasteiger partial charge in [-0.15, -0.1) is 0 Å². The molecule has 0 aliphatic heterocycles. The summed E-state index contributed by atoms with van der Waals surface area (Å²) in [6, 6.07) is 1.24. The van der Waals surface area contributed by atoms with Crippen molar-refractivity contribution in [2.24, 2.45) is 0 Å². The molecular formula is C7H6ClF3N2O. The predicted octanol–water partition coefficient (Wildman–Crippen LogP) is 1.96. The molecule has 14 heavy (non-hydrogen) atoms. The summed E-state index contributed by atoms with van der Waals surface area (Å²) >= 11 is 5.46. The zero-order valence-electron chi connectivity index (χ0n) is 6.78. The molecule has 0 unspecified atom stereocenters. The van der Waals surface area contributed by atoms with Crippen molar-refractivity contribution in [2.45, 2.75) is 6.18 Å². The Kier molecular flexibility index (Phi) is 3.05. The van der Waals surface area contributed by atoms with Crippen LogP contribution < -0.4 is 5.32 Å². The predicted molar refractivity (Wildman–Crippen MR) is 44.2 cm³/mol. The van der Waals surface area contributed by atoms with E-state index in [-0.39, 0.29) is 10.7 Å². The standard InChI is InChI=1S/C7H6ClF3N2O/c8-4-1-5(12-2-4)6(14)13-3-7(9,10)11/h1-2,12H,3H2,(H,13,14). The number of hydrogen-bond acceptors (Lipinski definition) is 1. The van der Waals surface area contributed by atoms with E-state index in [9.17, 15) is 18.0 Å². The van der Waals surface area contributed by atoms with Gasteiger partial charge in [-0.3, -0.25) is 4.79 Å². The second-order valence-electron chi connectivity index (χ2n) is 2.53. The zero-order chi connectivity index (χ0) is 10.8. The summed E-state index contributed by atoms with van der Waals surface area (Å²) in [6.07, 6.45) is -3.10. The minimum Gasteiger partial charge on any atom is -0.356 e. The lowest BCUT2D eigenvalue weighted by Gasteiger charge is -2.06. The highest BCUT2D eigenvalue weighted by molar-refractivity contribution is 6.30. The van der Waals surface area contributed by atoms with E-state index >= 15 is 0 Å². The number of carbonyl (C=O) groups excluding carboxylic acids is 1. The van der Waals surface area contributed by atoms with Gasteiger partial charge in [-0.25, -0.2) is 0 Å². The van der Waals surface area contributed by atoms with Crippen LogP contribution >= 0.6 is 11.6 Å². The molecule has 0 aliphatic rings. The topological polar surface area (TPSA) is 44.9 Å². The number of aromatic nitrogens is 1. The molecule has 1 rings (SSSR count). The molecule has 7 heteroatoms. The first kappa shape index (κ1) is 10.9. The Balaban J connectivity index is 2.52. The number of aromatic amines is 1. The minimum absolute atomic E-state index is 0.000694. The highest BCUT2D eigenvalue weighted by Gasteiger charge is 2.28.